The van der Waals surface area contributed by atoms with Gasteiger partial charge in [0.05, 0.1) is 11.8 Å². The number of thioether (sulfide) groups is 1. The molecule has 17 heavy (non-hydrogen) atoms. The van der Waals surface area contributed by atoms with Crippen molar-refractivity contribution < 1.29 is 0 Å². The highest BCUT2D eigenvalue weighted by molar-refractivity contribution is 7.98. The van der Waals surface area contributed by atoms with Gasteiger partial charge >= 0.3 is 0 Å². The average molecular weight is 249 g/mol. The van der Waals surface area contributed by atoms with Gasteiger partial charge in [-0.2, -0.15) is 17.0 Å². The number of pyridine rings is 1. The quantitative estimate of drug-likeness (QED) is 0.697. The lowest BCUT2D eigenvalue weighted by Gasteiger charge is -2.10. The van der Waals surface area contributed by atoms with Crippen molar-refractivity contribution in [1.82, 2.24) is 9.88 Å². The number of nitriles is 1. The fraction of sp³-hybridized carbons (Fsp3) is 0.538. The van der Waals surface area contributed by atoms with Gasteiger partial charge in [-0.05, 0) is 44.0 Å². The molecule has 1 aromatic rings. The van der Waals surface area contributed by atoms with Crippen LogP contribution >= 0.6 is 11.8 Å². The number of nitrogens with zero attached hydrogens (tertiary/aromatic N) is 3. The second-order valence-electron chi connectivity index (χ2n) is 4.21. The molecule has 0 aromatic carbocycles. The van der Waals surface area contributed by atoms with Crippen molar-refractivity contribution in [2.24, 2.45) is 0 Å². The van der Waals surface area contributed by atoms with Crippen LogP contribution in [-0.4, -0.2) is 29.7 Å². The summed E-state index contributed by atoms with van der Waals surface area (Å²) in [7, 11) is 4.13. The van der Waals surface area contributed by atoms with Crippen LogP contribution in [0.3, 0.4) is 0 Å². The van der Waals surface area contributed by atoms with E-state index in [4.69, 9.17) is 5.26 Å². The molecule has 0 N–H and O–H groups in total. The minimum absolute atomic E-state index is 0.654. The van der Waals surface area contributed by atoms with Crippen molar-refractivity contribution in [2.45, 2.75) is 25.1 Å². The van der Waals surface area contributed by atoms with Crippen molar-refractivity contribution in [2.75, 3.05) is 19.8 Å². The molecule has 1 rings (SSSR count). The Morgan fingerprint density at radius 2 is 2.29 bits per heavy atom. The van der Waals surface area contributed by atoms with Crippen LogP contribution in [0.25, 0.3) is 0 Å². The highest BCUT2D eigenvalue weighted by Gasteiger charge is 1.99. The van der Waals surface area contributed by atoms with Gasteiger partial charge < -0.3 is 4.90 Å². The highest BCUT2D eigenvalue weighted by Crippen LogP contribution is 2.13. The predicted octanol–water partition coefficient (Wildman–Crippen LogP) is 2.68. The Kier molecular flexibility index (Phi) is 6.68. The summed E-state index contributed by atoms with van der Waals surface area (Å²) in [5.74, 6) is 1.97. The summed E-state index contributed by atoms with van der Waals surface area (Å²) >= 11 is 1.85. The lowest BCUT2D eigenvalue weighted by atomic mass is 10.2. The molecule has 0 aliphatic rings. The third-order valence-electron chi connectivity index (χ3n) is 2.21. The number of rotatable bonds is 7. The monoisotopic (exact) mass is 249 g/mol. The summed E-state index contributed by atoms with van der Waals surface area (Å²) in [6.07, 6.45) is 3.50. The van der Waals surface area contributed by atoms with Crippen LogP contribution in [0.1, 0.15) is 24.1 Å². The van der Waals surface area contributed by atoms with Gasteiger partial charge in [-0.3, -0.25) is 4.98 Å². The van der Waals surface area contributed by atoms with Crippen molar-refractivity contribution in [1.29, 1.82) is 5.26 Å². The van der Waals surface area contributed by atoms with E-state index < -0.39 is 0 Å². The molecular formula is C13H19N3S. The largest absolute Gasteiger partial charge is 0.305 e. The fourth-order valence-electron chi connectivity index (χ4n) is 1.50. The zero-order chi connectivity index (χ0) is 12.5. The third-order valence-corrected chi connectivity index (χ3v) is 3.28. The van der Waals surface area contributed by atoms with Crippen LogP contribution in [-0.2, 0) is 12.3 Å². The number of hydrogen-bond acceptors (Lipinski definition) is 4. The molecule has 0 aliphatic heterocycles. The fourth-order valence-corrected chi connectivity index (χ4v) is 2.36. The first-order valence-corrected chi connectivity index (χ1v) is 6.91. The van der Waals surface area contributed by atoms with E-state index in [1.807, 2.05) is 18.0 Å². The van der Waals surface area contributed by atoms with Crippen LogP contribution in [0.5, 0.6) is 0 Å². The normalized spacial score (nSPS) is 10.5. The summed E-state index contributed by atoms with van der Waals surface area (Å²) in [5.41, 5.74) is 2.43. The Labute approximate surface area is 108 Å². The van der Waals surface area contributed by atoms with E-state index in [1.165, 1.54) is 5.56 Å². The van der Waals surface area contributed by atoms with Crippen LogP contribution in [0, 0.1) is 11.3 Å². The summed E-state index contributed by atoms with van der Waals surface area (Å²) in [5, 5.41) is 8.43. The second-order valence-corrected chi connectivity index (χ2v) is 5.31. The maximum atomic E-state index is 8.43. The molecule has 0 bridgehead atoms. The van der Waals surface area contributed by atoms with Crippen molar-refractivity contribution in [3.63, 3.8) is 0 Å². The standard InChI is InChI=1S/C13H19N3S/c1-16(2)10-12-5-7-15-13(9-12)11-17-8-4-3-6-14/h5,7,9H,3-4,8,10-11H2,1-2H3. The van der Waals surface area contributed by atoms with Gasteiger partial charge in [0.15, 0.2) is 0 Å². The minimum Gasteiger partial charge on any atom is -0.305 e. The van der Waals surface area contributed by atoms with Crippen molar-refractivity contribution in [3.05, 3.63) is 29.6 Å². The van der Waals surface area contributed by atoms with E-state index in [9.17, 15) is 0 Å². The summed E-state index contributed by atoms with van der Waals surface area (Å²) in [6.45, 7) is 0.953. The number of unbranched alkanes of at least 4 members (excludes halogenated alkanes) is 1. The minimum atomic E-state index is 0.654. The Balaban J connectivity index is 2.35. The molecule has 0 amide bonds. The summed E-state index contributed by atoms with van der Waals surface area (Å²) in [6, 6.07) is 6.39. The first kappa shape index (κ1) is 14.0. The third kappa shape index (κ3) is 6.30. The molecule has 0 saturated heterocycles. The topological polar surface area (TPSA) is 39.9 Å². The van der Waals surface area contributed by atoms with Crippen LogP contribution in [0.4, 0.5) is 0 Å². The molecule has 0 fully saturated rings. The Morgan fingerprint density at radius 1 is 1.47 bits per heavy atom. The number of hydrogen-bond donors (Lipinski definition) is 0. The summed E-state index contributed by atoms with van der Waals surface area (Å²) in [4.78, 5) is 6.51. The molecule has 1 heterocycles. The van der Waals surface area contributed by atoms with Crippen molar-refractivity contribution >= 4 is 11.8 Å². The zero-order valence-corrected chi connectivity index (χ0v) is 11.3. The zero-order valence-electron chi connectivity index (χ0n) is 10.5. The van der Waals surface area contributed by atoms with Gasteiger partial charge in [0.1, 0.15) is 0 Å². The molecule has 0 aliphatic carbocycles. The summed E-state index contributed by atoms with van der Waals surface area (Å²) < 4.78 is 0. The van der Waals surface area contributed by atoms with E-state index in [0.717, 1.165) is 30.2 Å². The van der Waals surface area contributed by atoms with E-state index in [-0.39, 0.29) is 0 Å². The average Bonchev–Trinajstić information content (AvgIpc) is 2.28. The molecule has 3 nitrogen and oxygen atoms in total. The second kappa shape index (κ2) is 8.10. The van der Waals surface area contributed by atoms with Gasteiger partial charge in [-0.25, -0.2) is 0 Å². The highest BCUT2D eigenvalue weighted by atomic mass is 32.2. The maximum absolute atomic E-state index is 8.43. The lowest BCUT2D eigenvalue weighted by molar-refractivity contribution is 0.402. The molecule has 0 atom stereocenters. The van der Waals surface area contributed by atoms with Crippen LogP contribution in [0.15, 0.2) is 18.3 Å². The number of aromatic nitrogens is 1. The van der Waals surface area contributed by atoms with Gasteiger partial charge in [0, 0.05) is 24.9 Å². The van der Waals surface area contributed by atoms with Gasteiger partial charge in [-0.15, -0.1) is 0 Å². The Hall–Kier alpha value is -1.05. The molecule has 0 unspecified atom stereocenters. The van der Waals surface area contributed by atoms with Gasteiger partial charge in [-0.1, -0.05) is 0 Å². The lowest BCUT2D eigenvalue weighted by Crippen LogP contribution is -2.10. The van der Waals surface area contributed by atoms with Crippen molar-refractivity contribution in [3.8, 4) is 6.07 Å². The molecule has 0 radical (unpaired) electrons. The van der Waals surface area contributed by atoms with E-state index in [2.05, 4.69) is 42.2 Å². The predicted molar refractivity (Wildman–Crippen MR) is 72.6 cm³/mol. The molecule has 4 heteroatoms. The maximum Gasteiger partial charge on any atom is 0.0622 e. The van der Waals surface area contributed by atoms with Crippen LogP contribution < -0.4 is 0 Å². The van der Waals surface area contributed by atoms with Crippen LogP contribution in [0.2, 0.25) is 0 Å². The van der Waals surface area contributed by atoms with Gasteiger partial charge in [0.2, 0.25) is 0 Å². The molecule has 0 saturated carbocycles. The first-order chi connectivity index (χ1) is 8.22. The molecular weight excluding hydrogens is 230 g/mol. The Morgan fingerprint density at radius 3 is 3.00 bits per heavy atom. The first-order valence-electron chi connectivity index (χ1n) is 5.75. The molecule has 92 valence electrons. The SMILES string of the molecule is CN(C)Cc1ccnc(CSCCCC#N)c1. The van der Waals surface area contributed by atoms with E-state index in [1.54, 1.807) is 0 Å². The molecule has 0 spiro atoms. The van der Waals surface area contributed by atoms with E-state index in [0.29, 0.717) is 6.42 Å². The van der Waals surface area contributed by atoms with E-state index >= 15 is 0 Å². The molecule has 1 aromatic heterocycles. The Bertz CT molecular complexity index is 371. The van der Waals surface area contributed by atoms with Gasteiger partial charge in [0.25, 0.3) is 0 Å². The smallest absolute Gasteiger partial charge is 0.0622 e.